The van der Waals surface area contributed by atoms with Crippen molar-refractivity contribution in [1.82, 2.24) is 0 Å². The summed E-state index contributed by atoms with van der Waals surface area (Å²) in [5.74, 6) is -3.12. The van der Waals surface area contributed by atoms with Crippen molar-refractivity contribution in [1.29, 1.82) is 0 Å². The molecule has 4 rings (SSSR count). The number of phenolic OH excluding ortho intramolecular Hbond substituents is 2. The number of aliphatic hydroxyl groups is 3. The van der Waals surface area contributed by atoms with Gasteiger partial charge in [-0.1, -0.05) is 18.2 Å². The summed E-state index contributed by atoms with van der Waals surface area (Å²) in [6, 6.07) is 0.918. The van der Waals surface area contributed by atoms with E-state index in [1.165, 1.54) is 12.2 Å². The van der Waals surface area contributed by atoms with Gasteiger partial charge in [-0.25, -0.2) is 4.79 Å². The van der Waals surface area contributed by atoms with Gasteiger partial charge in [0.25, 0.3) is 0 Å². The van der Waals surface area contributed by atoms with Gasteiger partial charge in [0.2, 0.25) is 6.29 Å². The molecule has 7 atom stereocenters. The van der Waals surface area contributed by atoms with E-state index < -0.39 is 78.3 Å². The molecular weight excluding hydrogens is 452 g/mol. The Labute approximate surface area is 194 Å². The number of carbonyl (C=O) groups excluding carboxylic acids is 2. The predicted molar refractivity (Wildman–Crippen MR) is 113 cm³/mol. The van der Waals surface area contributed by atoms with E-state index in [0.29, 0.717) is 6.42 Å². The van der Waals surface area contributed by atoms with E-state index in [1.54, 1.807) is 19.1 Å². The molecule has 7 unspecified atom stereocenters. The van der Waals surface area contributed by atoms with Crippen molar-refractivity contribution in [3.05, 3.63) is 41.5 Å². The van der Waals surface area contributed by atoms with Crippen molar-refractivity contribution in [2.75, 3.05) is 6.61 Å². The maximum absolute atomic E-state index is 12.9. The molecule has 3 aliphatic heterocycles. The molecule has 0 aliphatic carbocycles. The molecule has 0 saturated carbocycles. The molecular formula is C23H26O11. The van der Waals surface area contributed by atoms with Crippen LogP contribution in [-0.4, -0.2) is 86.8 Å². The lowest BCUT2D eigenvalue weighted by molar-refractivity contribution is -0.117. The number of aliphatic hydroxyl groups excluding tert-OH is 3. The fraction of sp³-hybridized carbons (Fsp3) is 0.478. The number of ketones is 1. The van der Waals surface area contributed by atoms with Gasteiger partial charge in [-0.15, -0.1) is 0 Å². The van der Waals surface area contributed by atoms with Crippen LogP contribution < -0.4 is 4.74 Å². The van der Waals surface area contributed by atoms with Gasteiger partial charge in [0, 0.05) is 24.5 Å². The molecule has 2 fully saturated rings. The zero-order chi connectivity index (χ0) is 24.6. The number of hydrogen-bond acceptors (Lipinski definition) is 11. The number of ether oxygens (including phenoxy) is 4. The number of esters is 1. The van der Waals surface area contributed by atoms with Crippen LogP contribution in [0.4, 0.5) is 0 Å². The molecule has 0 radical (unpaired) electrons. The van der Waals surface area contributed by atoms with Crippen LogP contribution in [0.1, 0.15) is 29.3 Å². The minimum Gasteiger partial charge on any atom is -0.507 e. The Morgan fingerprint density at radius 3 is 2.59 bits per heavy atom. The van der Waals surface area contributed by atoms with Gasteiger partial charge in [-0.3, -0.25) is 4.79 Å². The van der Waals surface area contributed by atoms with Crippen LogP contribution in [0.15, 0.2) is 30.4 Å². The van der Waals surface area contributed by atoms with Crippen LogP contribution >= 0.6 is 0 Å². The van der Waals surface area contributed by atoms with Crippen LogP contribution in [0.5, 0.6) is 17.2 Å². The van der Waals surface area contributed by atoms with Crippen LogP contribution in [0.3, 0.4) is 0 Å². The summed E-state index contributed by atoms with van der Waals surface area (Å²) in [6.45, 7) is 1.07. The summed E-state index contributed by atoms with van der Waals surface area (Å²) in [7, 11) is 0. The van der Waals surface area contributed by atoms with E-state index in [1.807, 2.05) is 0 Å². The van der Waals surface area contributed by atoms with Crippen molar-refractivity contribution >= 4 is 11.8 Å². The predicted octanol–water partition coefficient (Wildman–Crippen LogP) is -0.144. The van der Waals surface area contributed by atoms with Crippen LogP contribution in [0, 0.1) is 0 Å². The van der Waals surface area contributed by atoms with Gasteiger partial charge < -0.3 is 44.5 Å². The van der Waals surface area contributed by atoms with Crippen LogP contribution in [0.2, 0.25) is 0 Å². The molecule has 0 amide bonds. The molecule has 0 aromatic heterocycles. The largest absolute Gasteiger partial charge is 0.507 e. The van der Waals surface area contributed by atoms with Gasteiger partial charge >= 0.3 is 5.97 Å². The fourth-order valence-electron chi connectivity index (χ4n) is 3.97. The average Bonchev–Trinajstić information content (AvgIpc) is 3.46. The highest BCUT2D eigenvalue weighted by Gasteiger charge is 2.44. The van der Waals surface area contributed by atoms with Crippen molar-refractivity contribution < 1.29 is 54.1 Å². The molecule has 1 aromatic carbocycles. The maximum atomic E-state index is 12.9. The summed E-state index contributed by atoms with van der Waals surface area (Å²) in [6.07, 6.45) is -0.360. The summed E-state index contributed by atoms with van der Waals surface area (Å²) >= 11 is 0. The second kappa shape index (κ2) is 9.72. The Morgan fingerprint density at radius 2 is 1.88 bits per heavy atom. The summed E-state index contributed by atoms with van der Waals surface area (Å²) in [5, 5.41) is 50.7. The lowest BCUT2D eigenvalue weighted by Gasteiger charge is -2.21. The lowest BCUT2D eigenvalue weighted by Crippen LogP contribution is -2.35. The van der Waals surface area contributed by atoms with E-state index in [0.717, 1.165) is 6.07 Å². The maximum Gasteiger partial charge on any atom is 0.342 e. The minimum atomic E-state index is -1.57. The molecule has 34 heavy (non-hydrogen) atoms. The van der Waals surface area contributed by atoms with Crippen molar-refractivity contribution in [2.45, 2.75) is 62.7 Å². The van der Waals surface area contributed by atoms with Gasteiger partial charge in [0.1, 0.15) is 41.8 Å². The standard InChI is InChI=1S/C23H26O11/c1-10-6-15-14(32-15)5-3-2-4-11(25)7-12-18(22(30)31-10)13(26)8-16(19(12)27)33-23-21(29)20(28)17(9-24)34-23/h2-5,8,10,14-15,17,20-21,23-24,26-29H,6-7,9H2,1H3/b4-2+,5-3-. The SMILES string of the molecule is CC1CC2OC2/C=C\C=C\C(=O)Cc2c(O)c(OC3OC(CO)C(O)C3O)cc(O)c2C(=O)O1. The first-order chi connectivity index (χ1) is 16.2. The van der Waals surface area contributed by atoms with Crippen LogP contribution in [0.25, 0.3) is 0 Å². The van der Waals surface area contributed by atoms with E-state index in [9.17, 15) is 35.1 Å². The van der Waals surface area contributed by atoms with E-state index >= 15 is 0 Å². The first-order valence-electron chi connectivity index (χ1n) is 10.8. The van der Waals surface area contributed by atoms with Crippen molar-refractivity contribution in [3.8, 4) is 17.2 Å². The number of aromatic hydroxyl groups is 2. The van der Waals surface area contributed by atoms with E-state index in [2.05, 4.69) is 0 Å². The van der Waals surface area contributed by atoms with Crippen molar-refractivity contribution in [2.24, 2.45) is 0 Å². The monoisotopic (exact) mass is 478 g/mol. The number of epoxide rings is 1. The lowest BCUT2D eigenvalue weighted by atomic mass is 9.98. The number of cyclic esters (lactones) is 1. The summed E-state index contributed by atoms with van der Waals surface area (Å²) < 4.78 is 21.6. The Balaban J connectivity index is 1.68. The highest BCUT2D eigenvalue weighted by molar-refractivity contribution is 5.99. The molecule has 3 heterocycles. The minimum absolute atomic E-state index is 0.134. The molecule has 3 aliphatic rings. The molecule has 2 saturated heterocycles. The van der Waals surface area contributed by atoms with Gasteiger partial charge in [-0.05, 0) is 13.0 Å². The third-order valence-electron chi connectivity index (χ3n) is 5.83. The number of allylic oxidation sites excluding steroid dienone is 3. The Kier molecular flexibility index (Phi) is 6.91. The highest BCUT2D eigenvalue weighted by Crippen LogP contribution is 2.41. The van der Waals surface area contributed by atoms with Crippen molar-refractivity contribution in [3.63, 3.8) is 0 Å². The number of rotatable bonds is 3. The third-order valence-corrected chi connectivity index (χ3v) is 5.83. The molecule has 11 nitrogen and oxygen atoms in total. The smallest absolute Gasteiger partial charge is 0.342 e. The van der Waals surface area contributed by atoms with Gasteiger partial charge in [0.15, 0.2) is 17.3 Å². The number of benzene rings is 1. The molecule has 184 valence electrons. The summed E-state index contributed by atoms with van der Waals surface area (Å²) in [5.41, 5.74) is -0.643. The van der Waals surface area contributed by atoms with E-state index in [4.69, 9.17) is 18.9 Å². The topological polar surface area (TPSA) is 176 Å². The zero-order valence-corrected chi connectivity index (χ0v) is 18.2. The normalized spacial score (nSPS) is 35.5. The Hall–Kier alpha value is -2.96. The Bertz CT molecular complexity index is 1020. The highest BCUT2D eigenvalue weighted by atomic mass is 16.7. The van der Waals surface area contributed by atoms with Gasteiger partial charge in [0.05, 0.1) is 12.7 Å². The number of hydrogen-bond donors (Lipinski definition) is 5. The number of fused-ring (bicyclic) bond motifs is 2. The molecule has 11 heteroatoms. The Morgan fingerprint density at radius 1 is 1.12 bits per heavy atom. The molecule has 0 spiro atoms. The molecule has 1 aromatic rings. The first-order valence-corrected chi connectivity index (χ1v) is 10.8. The van der Waals surface area contributed by atoms with E-state index in [-0.39, 0.29) is 17.8 Å². The number of phenols is 2. The summed E-state index contributed by atoms with van der Waals surface area (Å²) in [4.78, 5) is 25.4. The quantitative estimate of drug-likeness (QED) is 0.222. The van der Waals surface area contributed by atoms with Crippen LogP contribution in [-0.2, 0) is 25.4 Å². The second-order valence-corrected chi connectivity index (χ2v) is 8.40. The second-order valence-electron chi connectivity index (χ2n) is 8.40. The number of carbonyl (C=O) groups is 2. The van der Waals surface area contributed by atoms with Gasteiger partial charge in [-0.2, -0.15) is 0 Å². The molecule has 0 bridgehead atoms. The third kappa shape index (κ3) is 4.93. The fourth-order valence-corrected chi connectivity index (χ4v) is 3.97. The average molecular weight is 478 g/mol. The molecule has 5 N–H and O–H groups in total. The first kappa shape index (κ1) is 24.2. The zero-order valence-electron chi connectivity index (χ0n) is 18.2.